The number of hydrogen-bond acceptors (Lipinski definition) is 2. The number of benzene rings is 2. The van der Waals surface area contributed by atoms with Gasteiger partial charge in [-0.3, -0.25) is 4.79 Å². The lowest BCUT2D eigenvalue weighted by atomic mass is 10.1. The van der Waals surface area contributed by atoms with Gasteiger partial charge in [0.1, 0.15) is 5.82 Å². The first-order valence-electron chi connectivity index (χ1n) is 7.52. The van der Waals surface area contributed by atoms with Gasteiger partial charge < -0.3 is 15.2 Å². The van der Waals surface area contributed by atoms with Gasteiger partial charge in [0.15, 0.2) is 0 Å². The first-order valence-corrected chi connectivity index (χ1v) is 7.90. The number of nitrogens with zero attached hydrogens (tertiary/aromatic N) is 1. The Kier molecular flexibility index (Phi) is 4.72. The minimum atomic E-state index is -0.553. The molecule has 1 aromatic heterocycles. The van der Waals surface area contributed by atoms with Crippen LogP contribution in [-0.2, 0) is 6.54 Å². The SMILES string of the molecule is CN(Cc1cc(=O)[nH]c2ccccc12)C(=O)Nc1ccc(F)c(Cl)c1. The van der Waals surface area contributed by atoms with Crippen LogP contribution >= 0.6 is 11.6 Å². The highest BCUT2D eigenvalue weighted by Crippen LogP contribution is 2.20. The van der Waals surface area contributed by atoms with Crippen molar-refractivity contribution in [3.05, 3.63) is 75.3 Å². The van der Waals surface area contributed by atoms with E-state index >= 15 is 0 Å². The third-order valence-corrected chi connectivity index (χ3v) is 4.05. The summed E-state index contributed by atoms with van der Waals surface area (Å²) in [6.07, 6.45) is 0. The van der Waals surface area contributed by atoms with Crippen LogP contribution < -0.4 is 10.9 Å². The Hall–Kier alpha value is -2.86. The van der Waals surface area contributed by atoms with Crippen molar-refractivity contribution in [3.8, 4) is 0 Å². The van der Waals surface area contributed by atoms with Crippen molar-refractivity contribution in [1.82, 2.24) is 9.88 Å². The van der Waals surface area contributed by atoms with Crippen LogP contribution in [0.25, 0.3) is 10.9 Å². The van der Waals surface area contributed by atoms with Crippen LogP contribution in [0.3, 0.4) is 0 Å². The lowest BCUT2D eigenvalue weighted by Crippen LogP contribution is -2.31. The average molecular weight is 360 g/mol. The number of urea groups is 1. The van der Waals surface area contributed by atoms with Crippen LogP contribution in [0.5, 0.6) is 0 Å². The van der Waals surface area contributed by atoms with E-state index in [2.05, 4.69) is 10.3 Å². The molecule has 3 rings (SSSR count). The molecular formula is C18H15ClFN3O2. The first kappa shape index (κ1) is 17.0. The van der Waals surface area contributed by atoms with Crippen LogP contribution in [0.4, 0.5) is 14.9 Å². The highest BCUT2D eigenvalue weighted by Gasteiger charge is 2.13. The Bertz CT molecular complexity index is 1000. The number of aromatic nitrogens is 1. The summed E-state index contributed by atoms with van der Waals surface area (Å²) in [4.78, 5) is 28.3. The number of H-pyrrole nitrogens is 1. The van der Waals surface area contributed by atoms with Gasteiger partial charge in [-0.25, -0.2) is 9.18 Å². The summed E-state index contributed by atoms with van der Waals surface area (Å²) in [5.74, 6) is -0.553. The van der Waals surface area contributed by atoms with Crippen molar-refractivity contribution in [2.75, 3.05) is 12.4 Å². The van der Waals surface area contributed by atoms with Crippen LogP contribution in [-0.4, -0.2) is 23.0 Å². The second-order valence-corrected chi connectivity index (χ2v) is 6.03. The highest BCUT2D eigenvalue weighted by atomic mass is 35.5. The molecule has 0 radical (unpaired) electrons. The molecule has 0 bridgehead atoms. The van der Waals surface area contributed by atoms with Crippen molar-refractivity contribution < 1.29 is 9.18 Å². The van der Waals surface area contributed by atoms with Crippen molar-refractivity contribution >= 4 is 34.2 Å². The highest BCUT2D eigenvalue weighted by molar-refractivity contribution is 6.31. The van der Waals surface area contributed by atoms with Crippen molar-refractivity contribution in [2.24, 2.45) is 0 Å². The second-order valence-electron chi connectivity index (χ2n) is 5.62. The normalized spacial score (nSPS) is 10.7. The number of amides is 2. The Morgan fingerprint density at radius 3 is 2.76 bits per heavy atom. The number of rotatable bonds is 3. The summed E-state index contributed by atoms with van der Waals surface area (Å²) >= 11 is 5.71. The maximum atomic E-state index is 13.2. The molecule has 0 unspecified atom stereocenters. The van der Waals surface area contributed by atoms with E-state index in [4.69, 9.17) is 11.6 Å². The molecule has 7 heteroatoms. The number of halogens is 2. The molecule has 2 N–H and O–H groups in total. The fourth-order valence-electron chi connectivity index (χ4n) is 2.53. The van der Waals surface area contributed by atoms with Crippen molar-refractivity contribution in [2.45, 2.75) is 6.54 Å². The third kappa shape index (κ3) is 3.80. The van der Waals surface area contributed by atoms with E-state index < -0.39 is 11.8 Å². The summed E-state index contributed by atoms with van der Waals surface area (Å²) in [5.41, 5.74) is 1.60. The van der Waals surface area contributed by atoms with Crippen LogP contribution in [0, 0.1) is 5.82 Å². The molecular weight excluding hydrogens is 345 g/mol. The Morgan fingerprint density at radius 1 is 1.24 bits per heavy atom. The summed E-state index contributed by atoms with van der Waals surface area (Å²) in [5, 5.41) is 3.44. The topological polar surface area (TPSA) is 65.2 Å². The van der Waals surface area contributed by atoms with Crippen LogP contribution in [0.15, 0.2) is 53.3 Å². The molecule has 0 aliphatic heterocycles. The fraction of sp³-hybridized carbons (Fsp3) is 0.111. The van der Waals surface area contributed by atoms with Crippen molar-refractivity contribution in [1.29, 1.82) is 0 Å². The van der Waals surface area contributed by atoms with E-state index in [1.807, 2.05) is 18.2 Å². The molecule has 0 atom stereocenters. The summed E-state index contributed by atoms with van der Waals surface area (Å²) in [7, 11) is 1.61. The quantitative estimate of drug-likeness (QED) is 0.742. The number of carbonyl (C=O) groups is 1. The molecule has 0 saturated carbocycles. The number of anilines is 1. The predicted molar refractivity (Wildman–Crippen MR) is 96.5 cm³/mol. The molecule has 128 valence electrons. The molecule has 3 aromatic rings. The van der Waals surface area contributed by atoms with Crippen LogP contribution in [0.2, 0.25) is 5.02 Å². The maximum Gasteiger partial charge on any atom is 0.321 e. The number of carbonyl (C=O) groups excluding carboxylic acids is 1. The zero-order chi connectivity index (χ0) is 18.0. The molecule has 2 aromatic carbocycles. The Morgan fingerprint density at radius 2 is 2.00 bits per heavy atom. The van der Waals surface area contributed by atoms with E-state index in [0.29, 0.717) is 11.2 Å². The van der Waals surface area contributed by atoms with Crippen molar-refractivity contribution in [3.63, 3.8) is 0 Å². The molecule has 0 fully saturated rings. The summed E-state index contributed by atoms with van der Waals surface area (Å²) in [6, 6.07) is 12.4. The lowest BCUT2D eigenvalue weighted by Gasteiger charge is -2.19. The zero-order valence-electron chi connectivity index (χ0n) is 13.3. The summed E-state index contributed by atoms with van der Waals surface area (Å²) in [6.45, 7) is 0.241. The number of aromatic amines is 1. The molecule has 0 aliphatic rings. The fourth-order valence-corrected chi connectivity index (χ4v) is 2.71. The van der Waals surface area contributed by atoms with Gasteiger partial charge in [-0.2, -0.15) is 0 Å². The molecule has 25 heavy (non-hydrogen) atoms. The van der Waals surface area contributed by atoms with Gasteiger partial charge in [-0.15, -0.1) is 0 Å². The number of para-hydroxylation sites is 1. The van der Waals surface area contributed by atoms with E-state index in [0.717, 1.165) is 10.9 Å². The Balaban J connectivity index is 1.80. The minimum Gasteiger partial charge on any atom is -0.323 e. The van der Waals surface area contributed by atoms with E-state index in [1.165, 1.54) is 29.2 Å². The van der Waals surface area contributed by atoms with Gasteiger partial charge >= 0.3 is 6.03 Å². The average Bonchev–Trinajstić information content (AvgIpc) is 2.58. The second kappa shape index (κ2) is 6.94. The van der Waals surface area contributed by atoms with E-state index in [9.17, 15) is 14.0 Å². The molecule has 1 heterocycles. The van der Waals surface area contributed by atoms with Gasteiger partial charge in [-0.1, -0.05) is 29.8 Å². The Labute approximate surface area is 148 Å². The smallest absolute Gasteiger partial charge is 0.321 e. The zero-order valence-corrected chi connectivity index (χ0v) is 14.1. The number of hydrogen-bond donors (Lipinski definition) is 2. The lowest BCUT2D eigenvalue weighted by molar-refractivity contribution is 0.221. The number of fused-ring (bicyclic) bond motifs is 1. The van der Waals surface area contributed by atoms with Crippen LogP contribution in [0.1, 0.15) is 5.56 Å². The maximum absolute atomic E-state index is 13.2. The monoisotopic (exact) mass is 359 g/mol. The minimum absolute atomic E-state index is 0.0685. The molecule has 0 aliphatic carbocycles. The number of nitrogens with one attached hydrogen (secondary N) is 2. The van der Waals surface area contributed by atoms with E-state index in [-0.39, 0.29) is 17.1 Å². The number of pyridine rings is 1. The van der Waals surface area contributed by atoms with Gasteiger partial charge in [0.2, 0.25) is 5.56 Å². The van der Waals surface area contributed by atoms with Gasteiger partial charge in [-0.05, 0) is 29.8 Å². The largest absolute Gasteiger partial charge is 0.323 e. The first-order chi connectivity index (χ1) is 11.9. The standard InChI is InChI=1S/C18H15ClFN3O2/c1-23(18(25)21-12-6-7-15(20)14(19)9-12)10-11-8-17(24)22-16-5-3-2-4-13(11)16/h2-9H,10H2,1H3,(H,21,25)(H,22,24). The van der Waals surface area contributed by atoms with Gasteiger partial charge in [0.05, 0.1) is 5.02 Å². The molecule has 5 nitrogen and oxygen atoms in total. The summed E-state index contributed by atoms with van der Waals surface area (Å²) < 4.78 is 13.2. The van der Waals surface area contributed by atoms with Gasteiger partial charge in [0.25, 0.3) is 0 Å². The predicted octanol–water partition coefficient (Wildman–Crippen LogP) is 3.98. The molecule has 2 amide bonds. The van der Waals surface area contributed by atoms with Gasteiger partial charge in [0, 0.05) is 36.2 Å². The third-order valence-electron chi connectivity index (χ3n) is 3.76. The molecule has 0 spiro atoms. The molecule has 0 saturated heterocycles. The van der Waals surface area contributed by atoms with E-state index in [1.54, 1.807) is 13.1 Å².